The molecule has 2 aromatic carbocycles. The van der Waals surface area contributed by atoms with E-state index in [4.69, 9.17) is 9.72 Å². The van der Waals surface area contributed by atoms with Crippen LogP contribution in [0.3, 0.4) is 0 Å². The van der Waals surface area contributed by atoms with Gasteiger partial charge in [0.05, 0.1) is 30.6 Å². The van der Waals surface area contributed by atoms with Gasteiger partial charge in [0.15, 0.2) is 11.6 Å². The minimum atomic E-state index is -4.46. The van der Waals surface area contributed by atoms with Crippen LogP contribution in [-0.4, -0.2) is 68.8 Å². The number of hydrogen-bond acceptors (Lipinski definition) is 9. The fourth-order valence-electron chi connectivity index (χ4n) is 5.86. The summed E-state index contributed by atoms with van der Waals surface area (Å²) in [5.41, 5.74) is 1.39. The van der Waals surface area contributed by atoms with Crippen molar-refractivity contribution in [2.24, 2.45) is 0 Å². The van der Waals surface area contributed by atoms with Gasteiger partial charge in [-0.25, -0.2) is 4.98 Å². The molecule has 1 saturated heterocycles. The molecule has 4 aromatic rings. The van der Waals surface area contributed by atoms with Gasteiger partial charge in [0.2, 0.25) is 5.95 Å². The number of rotatable bonds is 8. The molecule has 236 valence electrons. The summed E-state index contributed by atoms with van der Waals surface area (Å²) in [4.78, 5) is 26.5. The number of aromatic nitrogens is 5. The smallest absolute Gasteiger partial charge is 0.416 e. The maximum atomic E-state index is 13.5. The van der Waals surface area contributed by atoms with Crippen molar-refractivity contribution in [3.63, 3.8) is 0 Å². The lowest BCUT2D eigenvalue weighted by Gasteiger charge is -2.37. The van der Waals surface area contributed by atoms with E-state index in [1.807, 2.05) is 11.8 Å². The van der Waals surface area contributed by atoms with E-state index in [0.29, 0.717) is 46.3 Å². The highest BCUT2D eigenvalue weighted by molar-refractivity contribution is 5.95. The molecular weight excluding hydrogens is 587 g/mol. The number of likely N-dealkylation sites (tertiary alicyclic amines) is 1. The average molecular weight is 622 g/mol. The summed E-state index contributed by atoms with van der Waals surface area (Å²) in [5, 5.41) is 14.7. The molecule has 45 heavy (non-hydrogen) atoms. The number of carbonyl (C=O) groups excluding carboxylic acids is 1. The number of benzene rings is 2. The average Bonchev–Trinajstić information content (AvgIpc) is 3.52. The quantitative estimate of drug-likeness (QED) is 0.277. The minimum Gasteiger partial charge on any atom is -0.495 e. The summed E-state index contributed by atoms with van der Waals surface area (Å²) in [6, 6.07) is 10.2. The third-order valence-electron chi connectivity index (χ3n) is 8.29. The van der Waals surface area contributed by atoms with Crippen LogP contribution in [0.25, 0.3) is 5.69 Å². The largest absolute Gasteiger partial charge is 0.495 e. The van der Waals surface area contributed by atoms with Crippen LogP contribution in [0.2, 0.25) is 0 Å². The molecule has 0 saturated carbocycles. The zero-order valence-electron chi connectivity index (χ0n) is 25.2. The third kappa shape index (κ3) is 6.27. The maximum absolute atomic E-state index is 13.5. The Morgan fingerprint density at radius 2 is 1.93 bits per heavy atom. The highest BCUT2D eigenvalue weighted by Gasteiger charge is 2.35. The number of carbonyl (C=O) groups is 1. The first-order chi connectivity index (χ1) is 21.6. The molecule has 0 bridgehead atoms. The van der Waals surface area contributed by atoms with Crippen molar-refractivity contribution >= 4 is 23.4 Å². The second kappa shape index (κ2) is 12.3. The van der Waals surface area contributed by atoms with E-state index < -0.39 is 11.7 Å². The molecule has 2 aliphatic heterocycles. The monoisotopic (exact) mass is 621 g/mol. The third-order valence-corrected chi connectivity index (χ3v) is 8.29. The number of methoxy groups -OCH3 is 1. The standard InChI is InChI=1S/C31H34F3N9O2/c1-4-24-28-40-36-18-43(28)25-16-35-30(39-27(25)42(24)17-19-6-5-7-21(14-19)31(32,33)34)38-23-9-8-20(15-26(23)45-3)29(44)37-22-10-12-41(2)13-11-22/h5-9,14-16,18,22,24H,4,10-13,17H2,1-3H3,(H,37,44)(H,35,38,39)/t24-/m1/s1. The number of nitrogens with one attached hydrogen (secondary N) is 2. The normalized spacial score (nSPS) is 17.0. The van der Waals surface area contributed by atoms with Gasteiger partial charge in [0, 0.05) is 18.2 Å². The Balaban J connectivity index is 1.28. The molecule has 1 atom stereocenters. The van der Waals surface area contributed by atoms with Crippen molar-refractivity contribution in [3.8, 4) is 11.4 Å². The minimum absolute atomic E-state index is 0.124. The second-order valence-electron chi connectivity index (χ2n) is 11.3. The molecule has 14 heteroatoms. The number of hydrogen-bond donors (Lipinski definition) is 2. The van der Waals surface area contributed by atoms with Crippen LogP contribution < -0.4 is 20.3 Å². The van der Waals surface area contributed by atoms with Gasteiger partial charge in [0.1, 0.15) is 17.8 Å². The van der Waals surface area contributed by atoms with Gasteiger partial charge < -0.3 is 25.2 Å². The zero-order valence-corrected chi connectivity index (χ0v) is 25.2. The first-order valence-electron chi connectivity index (χ1n) is 14.8. The van der Waals surface area contributed by atoms with Gasteiger partial charge >= 0.3 is 6.18 Å². The Hall–Kier alpha value is -4.72. The number of amides is 1. The highest BCUT2D eigenvalue weighted by Crippen LogP contribution is 2.40. The maximum Gasteiger partial charge on any atom is 0.416 e. The molecule has 0 aliphatic carbocycles. The van der Waals surface area contributed by atoms with Crippen molar-refractivity contribution < 1.29 is 22.7 Å². The molecule has 0 unspecified atom stereocenters. The Labute approximate surface area is 258 Å². The van der Waals surface area contributed by atoms with E-state index in [1.54, 1.807) is 41.4 Å². The summed E-state index contributed by atoms with van der Waals surface area (Å²) in [6.07, 6.45) is 1.15. The first-order valence-corrected chi connectivity index (χ1v) is 14.8. The van der Waals surface area contributed by atoms with Gasteiger partial charge in [-0.1, -0.05) is 19.1 Å². The number of fused-ring (bicyclic) bond motifs is 3. The van der Waals surface area contributed by atoms with E-state index in [9.17, 15) is 18.0 Å². The topological polar surface area (TPSA) is 113 Å². The summed E-state index contributed by atoms with van der Waals surface area (Å²) < 4.78 is 47.9. The lowest BCUT2D eigenvalue weighted by atomic mass is 10.0. The van der Waals surface area contributed by atoms with Crippen LogP contribution in [-0.2, 0) is 12.7 Å². The van der Waals surface area contributed by atoms with Crippen LogP contribution in [0.4, 0.5) is 30.6 Å². The molecule has 2 N–H and O–H groups in total. The predicted molar refractivity (Wildman–Crippen MR) is 162 cm³/mol. The van der Waals surface area contributed by atoms with Crippen LogP contribution in [0.5, 0.6) is 5.75 Å². The summed E-state index contributed by atoms with van der Waals surface area (Å²) in [6.45, 7) is 4.01. The number of ether oxygens (including phenoxy) is 1. The molecule has 4 heterocycles. The van der Waals surface area contributed by atoms with Gasteiger partial charge in [0.25, 0.3) is 5.91 Å². The van der Waals surface area contributed by atoms with Gasteiger partial charge in [-0.15, -0.1) is 10.2 Å². The lowest BCUT2D eigenvalue weighted by Crippen LogP contribution is -2.43. The van der Waals surface area contributed by atoms with Crippen molar-refractivity contribution in [3.05, 3.63) is 77.5 Å². The van der Waals surface area contributed by atoms with E-state index >= 15 is 0 Å². The van der Waals surface area contributed by atoms with Crippen LogP contribution in [0, 0.1) is 0 Å². The summed E-state index contributed by atoms with van der Waals surface area (Å²) >= 11 is 0. The Kier molecular flexibility index (Phi) is 8.32. The van der Waals surface area contributed by atoms with Gasteiger partial charge in [-0.2, -0.15) is 18.2 Å². The zero-order chi connectivity index (χ0) is 31.7. The van der Waals surface area contributed by atoms with Crippen molar-refractivity contribution in [2.75, 3.05) is 37.5 Å². The molecule has 1 amide bonds. The molecule has 2 aromatic heterocycles. The van der Waals surface area contributed by atoms with Crippen molar-refractivity contribution in [1.29, 1.82) is 0 Å². The van der Waals surface area contributed by atoms with E-state index in [0.717, 1.165) is 38.1 Å². The second-order valence-corrected chi connectivity index (χ2v) is 11.3. The highest BCUT2D eigenvalue weighted by atomic mass is 19.4. The number of piperidine rings is 1. The number of halogens is 3. The molecular formula is C31H34F3N9O2. The molecule has 1 fully saturated rings. The van der Waals surface area contributed by atoms with E-state index in [-0.39, 0.29) is 30.5 Å². The van der Waals surface area contributed by atoms with Crippen LogP contribution in [0.1, 0.15) is 59.5 Å². The first kappa shape index (κ1) is 30.3. The molecule has 0 spiro atoms. The molecule has 0 radical (unpaired) electrons. The van der Waals surface area contributed by atoms with Crippen molar-refractivity contribution in [1.82, 2.24) is 34.9 Å². The summed E-state index contributed by atoms with van der Waals surface area (Å²) in [7, 11) is 3.59. The number of alkyl halides is 3. The fourth-order valence-corrected chi connectivity index (χ4v) is 5.86. The molecule has 2 aliphatic rings. The number of nitrogens with zero attached hydrogens (tertiary/aromatic N) is 7. The fraction of sp³-hybridized carbons (Fsp3) is 0.387. The molecule has 6 rings (SSSR count). The molecule has 11 nitrogen and oxygen atoms in total. The lowest BCUT2D eigenvalue weighted by molar-refractivity contribution is -0.137. The van der Waals surface area contributed by atoms with Crippen LogP contribution in [0.15, 0.2) is 55.0 Å². The van der Waals surface area contributed by atoms with Gasteiger partial charge in [-0.3, -0.25) is 9.36 Å². The Morgan fingerprint density at radius 1 is 1.13 bits per heavy atom. The van der Waals surface area contributed by atoms with E-state index in [1.165, 1.54) is 13.2 Å². The Morgan fingerprint density at radius 3 is 2.67 bits per heavy atom. The number of anilines is 3. The SMILES string of the molecule is CC[C@@H]1c2nncn2-c2cnc(Nc3ccc(C(=O)NC4CCN(C)CC4)cc3OC)nc2N1Cc1cccc(C(F)(F)F)c1. The van der Waals surface area contributed by atoms with E-state index in [2.05, 4.69) is 37.8 Å². The van der Waals surface area contributed by atoms with Crippen molar-refractivity contribution in [2.45, 2.75) is 51.0 Å². The Bertz CT molecular complexity index is 1690. The predicted octanol–water partition coefficient (Wildman–Crippen LogP) is 5.12. The summed E-state index contributed by atoms with van der Waals surface area (Å²) in [5.74, 6) is 1.67. The van der Waals surface area contributed by atoms with Gasteiger partial charge in [-0.05, 0) is 75.3 Å². The van der Waals surface area contributed by atoms with Crippen LogP contribution >= 0.6 is 0 Å².